The molecule has 2 rings (SSSR count). The molecule has 2 aromatic rings. The van der Waals surface area contributed by atoms with Crippen LogP contribution in [-0.2, 0) is 11.3 Å². The van der Waals surface area contributed by atoms with Crippen molar-refractivity contribution >= 4 is 11.8 Å². The van der Waals surface area contributed by atoms with E-state index in [1.807, 2.05) is 52.0 Å². The minimum absolute atomic E-state index is 0.0595. The molecule has 2 N–H and O–H groups in total. The summed E-state index contributed by atoms with van der Waals surface area (Å²) in [4.78, 5) is 24.6. The average Bonchev–Trinajstić information content (AvgIpc) is 3.12. The molecule has 0 aliphatic carbocycles. The summed E-state index contributed by atoms with van der Waals surface area (Å²) >= 11 is 0. The highest BCUT2D eigenvalue weighted by Gasteiger charge is 2.25. The Balaban J connectivity index is 1.92. The van der Waals surface area contributed by atoms with Crippen molar-refractivity contribution in [3.8, 4) is 5.75 Å². The van der Waals surface area contributed by atoms with E-state index in [9.17, 15) is 9.59 Å². The molecule has 0 aliphatic rings. The Morgan fingerprint density at radius 3 is 2.31 bits per heavy atom. The highest BCUT2D eigenvalue weighted by Crippen LogP contribution is 2.14. The first-order chi connectivity index (χ1) is 12.4. The number of hydrogen-bond acceptors (Lipinski definition) is 4. The quantitative estimate of drug-likeness (QED) is 0.760. The fraction of sp³-hybridized carbons (Fsp3) is 0.400. The number of nitrogens with one attached hydrogen (secondary N) is 2. The fourth-order valence-corrected chi connectivity index (χ4v) is 2.41. The predicted molar refractivity (Wildman–Crippen MR) is 98.9 cm³/mol. The van der Waals surface area contributed by atoms with Gasteiger partial charge in [-0.25, -0.2) is 0 Å². The third-order valence-corrected chi connectivity index (χ3v) is 3.74. The summed E-state index contributed by atoms with van der Waals surface area (Å²) in [5, 5.41) is 5.59. The SMILES string of the molecule is CC(C)Oc1ccc(CNC(=O)C(NC(=O)c2ccco2)C(C)C)cc1. The average molecular weight is 358 g/mol. The molecule has 1 heterocycles. The van der Waals surface area contributed by atoms with Gasteiger partial charge in [0.1, 0.15) is 11.8 Å². The first kappa shape index (κ1) is 19.6. The molecule has 0 fully saturated rings. The Morgan fingerprint density at radius 1 is 1.08 bits per heavy atom. The lowest BCUT2D eigenvalue weighted by atomic mass is 10.0. The normalized spacial score (nSPS) is 12.1. The van der Waals surface area contributed by atoms with Crippen LogP contribution in [0.2, 0.25) is 0 Å². The van der Waals surface area contributed by atoms with Gasteiger partial charge in [-0.05, 0) is 49.6 Å². The first-order valence-electron chi connectivity index (χ1n) is 8.74. The fourth-order valence-electron chi connectivity index (χ4n) is 2.41. The molecule has 0 saturated carbocycles. The van der Waals surface area contributed by atoms with Gasteiger partial charge in [0.05, 0.1) is 12.4 Å². The molecule has 0 bridgehead atoms. The Hall–Kier alpha value is -2.76. The number of amides is 2. The zero-order valence-corrected chi connectivity index (χ0v) is 15.6. The summed E-state index contributed by atoms with van der Waals surface area (Å²) in [5.74, 6) is 0.280. The lowest BCUT2D eigenvalue weighted by molar-refractivity contribution is -0.124. The molecule has 140 valence electrons. The van der Waals surface area contributed by atoms with E-state index in [1.165, 1.54) is 6.26 Å². The van der Waals surface area contributed by atoms with E-state index in [2.05, 4.69) is 10.6 Å². The molecule has 26 heavy (non-hydrogen) atoms. The summed E-state index contributed by atoms with van der Waals surface area (Å²) in [7, 11) is 0. The monoisotopic (exact) mass is 358 g/mol. The van der Waals surface area contributed by atoms with Crippen molar-refractivity contribution in [1.82, 2.24) is 10.6 Å². The number of rotatable bonds is 8. The van der Waals surface area contributed by atoms with Crippen LogP contribution in [0.25, 0.3) is 0 Å². The van der Waals surface area contributed by atoms with E-state index in [0.717, 1.165) is 11.3 Å². The Bertz CT molecular complexity index is 706. The smallest absolute Gasteiger partial charge is 0.287 e. The van der Waals surface area contributed by atoms with Crippen LogP contribution < -0.4 is 15.4 Å². The highest BCUT2D eigenvalue weighted by molar-refractivity contribution is 5.95. The van der Waals surface area contributed by atoms with Gasteiger partial charge in [0.15, 0.2) is 5.76 Å². The largest absolute Gasteiger partial charge is 0.491 e. The molecule has 1 aromatic carbocycles. The van der Waals surface area contributed by atoms with E-state index >= 15 is 0 Å². The minimum atomic E-state index is -0.642. The van der Waals surface area contributed by atoms with Gasteiger partial charge in [-0.2, -0.15) is 0 Å². The van der Waals surface area contributed by atoms with E-state index in [0.29, 0.717) is 6.54 Å². The van der Waals surface area contributed by atoms with Crippen LogP contribution in [0.1, 0.15) is 43.8 Å². The maximum atomic E-state index is 12.5. The second-order valence-corrected chi connectivity index (χ2v) is 6.70. The van der Waals surface area contributed by atoms with Crippen LogP contribution in [-0.4, -0.2) is 24.0 Å². The first-order valence-corrected chi connectivity index (χ1v) is 8.74. The molecule has 6 heteroatoms. The topological polar surface area (TPSA) is 80.6 Å². The van der Waals surface area contributed by atoms with Crippen LogP contribution in [0.3, 0.4) is 0 Å². The third kappa shape index (κ3) is 5.65. The van der Waals surface area contributed by atoms with Crippen LogP contribution >= 0.6 is 0 Å². The van der Waals surface area contributed by atoms with Gasteiger partial charge in [0.2, 0.25) is 5.91 Å². The zero-order chi connectivity index (χ0) is 19.1. The molecule has 2 amide bonds. The standard InChI is InChI=1S/C20H26N2O4/c1-13(2)18(22-19(23)17-6-5-11-25-17)20(24)21-12-15-7-9-16(10-8-15)26-14(3)4/h5-11,13-14,18H,12H2,1-4H3,(H,21,24)(H,22,23). The molecule has 1 aromatic heterocycles. The van der Waals surface area contributed by atoms with E-state index in [1.54, 1.807) is 12.1 Å². The minimum Gasteiger partial charge on any atom is -0.491 e. The zero-order valence-electron chi connectivity index (χ0n) is 15.6. The number of carbonyl (C=O) groups excluding carboxylic acids is 2. The summed E-state index contributed by atoms with van der Waals surface area (Å²) < 4.78 is 10.7. The van der Waals surface area contributed by atoms with E-state index in [4.69, 9.17) is 9.15 Å². The Kier molecular flexibility index (Phi) is 6.83. The van der Waals surface area contributed by atoms with Crippen molar-refractivity contribution in [2.45, 2.75) is 46.4 Å². The molecule has 1 atom stereocenters. The van der Waals surface area contributed by atoms with Crippen molar-refractivity contribution < 1.29 is 18.7 Å². The summed E-state index contributed by atoms with van der Waals surface area (Å²) in [5.41, 5.74) is 0.953. The molecule has 6 nitrogen and oxygen atoms in total. The molecule has 0 aliphatic heterocycles. The van der Waals surface area contributed by atoms with Crippen molar-refractivity contribution in [3.63, 3.8) is 0 Å². The molecule has 0 spiro atoms. The predicted octanol–water partition coefficient (Wildman–Crippen LogP) is 3.14. The number of ether oxygens (including phenoxy) is 1. The summed E-state index contributed by atoms with van der Waals surface area (Å²) in [6.45, 7) is 8.07. The lowest BCUT2D eigenvalue weighted by Crippen LogP contribution is -2.49. The van der Waals surface area contributed by atoms with E-state index < -0.39 is 11.9 Å². The van der Waals surface area contributed by atoms with Gasteiger partial charge in [0, 0.05) is 6.54 Å². The van der Waals surface area contributed by atoms with Crippen molar-refractivity contribution in [2.24, 2.45) is 5.92 Å². The third-order valence-electron chi connectivity index (χ3n) is 3.74. The number of hydrogen-bond donors (Lipinski definition) is 2. The van der Waals surface area contributed by atoms with Gasteiger partial charge in [-0.1, -0.05) is 26.0 Å². The van der Waals surface area contributed by atoms with Gasteiger partial charge in [0.25, 0.3) is 5.91 Å². The van der Waals surface area contributed by atoms with Crippen LogP contribution in [0.5, 0.6) is 5.75 Å². The maximum Gasteiger partial charge on any atom is 0.287 e. The van der Waals surface area contributed by atoms with E-state index in [-0.39, 0.29) is 23.7 Å². The van der Waals surface area contributed by atoms with Crippen molar-refractivity contribution in [1.29, 1.82) is 0 Å². The van der Waals surface area contributed by atoms with Gasteiger partial charge >= 0.3 is 0 Å². The second kappa shape index (κ2) is 9.08. The molecular weight excluding hydrogens is 332 g/mol. The van der Waals surface area contributed by atoms with Crippen molar-refractivity contribution in [3.05, 3.63) is 54.0 Å². The summed E-state index contributed by atoms with van der Waals surface area (Å²) in [6.07, 6.45) is 1.54. The van der Waals surface area contributed by atoms with Crippen LogP contribution in [0.4, 0.5) is 0 Å². The molecule has 0 saturated heterocycles. The molecule has 0 radical (unpaired) electrons. The Morgan fingerprint density at radius 2 is 1.77 bits per heavy atom. The summed E-state index contributed by atoms with van der Waals surface area (Å²) in [6, 6.07) is 10.1. The second-order valence-electron chi connectivity index (χ2n) is 6.70. The van der Waals surface area contributed by atoms with Gasteiger partial charge < -0.3 is 19.8 Å². The number of benzene rings is 1. The highest BCUT2D eigenvalue weighted by atomic mass is 16.5. The maximum absolute atomic E-state index is 12.5. The Labute approximate surface area is 153 Å². The van der Waals surface area contributed by atoms with Crippen LogP contribution in [0.15, 0.2) is 47.1 Å². The lowest BCUT2D eigenvalue weighted by Gasteiger charge is -2.21. The molecular formula is C20H26N2O4. The van der Waals surface area contributed by atoms with Gasteiger partial charge in [-0.3, -0.25) is 9.59 Å². The number of carbonyl (C=O) groups is 2. The van der Waals surface area contributed by atoms with Crippen molar-refractivity contribution in [2.75, 3.05) is 0 Å². The van der Waals surface area contributed by atoms with Crippen LogP contribution in [0, 0.1) is 5.92 Å². The number of furan rings is 1. The van der Waals surface area contributed by atoms with Gasteiger partial charge in [-0.15, -0.1) is 0 Å². The molecule has 1 unspecified atom stereocenters.